The van der Waals surface area contributed by atoms with Gasteiger partial charge in [0.2, 0.25) is 0 Å². The van der Waals surface area contributed by atoms with Crippen LogP contribution in [0.1, 0.15) is 120 Å². The average Bonchev–Trinajstić information content (AvgIpc) is 2.73. The molecule has 0 aromatic carbocycles. The molecule has 0 radical (unpaired) electrons. The first-order chi connectivity index (χ1) is 16.1. The number of hydrogen-bond donors (Lipinski definition) is 0. The highest BCUT2D eigenvalue weighted by molar-refractivity contribution is 5.66. The quantitative estimate of drug-likeness (QED) is 0.157. The van der Waals surface area contributed by atoms with E-state index in [1.165, 1.54) is 53.2 Å². The Morgan fingerprint density at radius 1 is 0.471 bits per heavy atom. The summed E-state index contributed by atoms with van der Waals surface area (Å²) in [5.41, 5.74) is 8.66. The third kappa shape index (κ3) is 21.7. The van der Waals surface area contributed by atoms with Crippen LogP contribution in [0.4, 0.5) is 0 Å². The van der Waals surface area contributed by atoms with Crippen LogP contribution in [0.15, 0.2) is 69.9 Å². The van der Waals surface area contributed by atoms with Gasteiger partial charge in [-0.2, -0.15) is 0 Å². The zero-order valence-corrected chi connectivity index (χ0v) is 23.6. The summed E-state index contributed by atoms with van der Waals surface area (Å²) < 4.78 is 4.96. The Kier molecular flexibility index (Phi) is 19.0. The van der Waals surface area contributed by atoms with E-state index in [0.29, 0.717) is 6.61 Å². The summed E-state index contributed by atoms with van der Waals surface area (Å²) in [5, 5.41) is 0. The number of esters is 1. The second-order valence-electron chi connectivity index (χ2n) is 10.0. The highest BCUT2D eigenvalue weighted by atomic mass is 16.5. The number of hydrogen-bond acceptors (Lipinski definition) is 2. The van der Waals surface area contributed by atoms with Crippen molar-refractivity contribution in [2.45, 2.75) is 120 Å². The SMILES string of the molecule is CC(=O)OCC=C(C)CCC=C(C)CCC=C(C)CCC=C(C)CCC=C(C)CCC=C(C)C. The molecule has 0 N–H and O–H groups in total. The summed E-state index contributed by atoms with van der Waals surface area (Å²) in [4.78, 5) is 10.8. The lowest BCUT2D eigenvalue weighted by Gasteiger charge is -2.04. The van der Waals surface area contributed by atoms with Gasteiger partial charge < -0.3 is 4.74 Å². The molecule has 0 unspecified atom stereocenters. The molecule has 0 fully saturated rings. The monoisotopic (exact) mass is 468 g/mol. The summed E-state index contributed by atoms with van der Waals surface area (Å²) in [6.07, 6.45) is 25.2. The van der Waals surface area contributed by atoms with E-state index in [-0.39, 0.29) is 5.97 Å². The topological polar surface area (TPSA) is 26.3 Å². The molecular weight excluding hydrogens is 416 g/mol. The molecule has 192 valence electrons. The van der Waals surface area contributed by atoms with Gasteiger partial charge in [-0.1, -0.05) is 63.8 Å². The predicted molar refractivity (Wildman–Crippen MR) is 151 cm³/mol. The lowest BCUT2D eigenvalue weighted by molar-refractivity contribution is -0.139. The van der Waals surface area contributed by atoms with Gasteiger partial charge in [-0.3, -0.25) is 4.79 Å². The van der Waals surface area contributed by atoms with E-state index in [9.17, 15) is 4.79 Å². The lowest BCUT2D eigenvalue weighted by atomic mass is 10.0. The predicted octanol–water partition coefficient (Wildman–Crippen LogP) is 10.1. The molecule has 0 aromatic rings. The second-order valence-corrected chi connectivity index (χ2v) is 10.0. The Morgan fingerprint density at radius 2 is 0.765 bits per heavy atom. The minimum Gasteiger partial charge on any atom is -0.462 e. The second kappa shape index (κ2) is 20.3. The first-order valence-corrected chi connectivity index (χ1v) is 13.1. The number of carbonyl (C=O) groups excluding carboxylic acids is 1. The molecule has 0 aliphatic heterocycles. The van der Waals surface area contributed by atoms with E-state index in [1.807, 2.05) is 6.08 Å². The van der Waals surface area contributed by atoms with Gasteiger partial charge >= 0.3 is 5.97 Å². The molecule has 0 spiro atoms. The zero-order chi connectivity index (χ0) is 25.8. The Hall–Kier alpha value is -2.09. The molecule has 0 saturated heterocycles. The smallest absolute Gasteiger partial charge is 0.302 e. The summed E-state index contributed by atoms with van der Waals surface area (Å²) in [6, 6.07) is 0. The molecule has 0 aromatic heterocycles. The molecular formula is C32H52O2. The minimum absolute atomic E-state index is 0.224. The first kappa shape index (κ1) is 31.9. The molecule has 0 aliphatic rings. The molecule has 0 saturated carbocycles. The van der Waals surface area contributed by atoms with Crippen molar-refractivity contribution in [3.8, 4) is 0 Å². The largest absolute Gasteiger partial charge is 0.462 e. The third-order valence-electron chi connectivity index (χ3n) is 5.94. The van der Waals surface area contributed by atoms with Crippen LogP contribution in [0, 0.1) is 0 Å². The lowest BCUT2D eigenvalue weighted by Crippen LogP contribution is -1.98. The molecule has 0 aliphatic carbocycles. The summed E-state index contributed by atoms with van der Waals surface area (Å²) in [6.45, 7) is 17.3. The van der Waals surface area contributed by atoms with Crippen molar-refractivity contribution in [1.82, 2.24) is 0 Å². The molecule has 2 nitrogen and oxygen atoms in total. The van der Waals surface area contributed by atoms with Crippen LogP contribution in [-0.2, 0) is 9.53 Å². The van der Waals surface area contributed by atoms with Crippen LogP contribution in [-0.4, -0.2) is 12.6 Å². The first-order valence-electron chi connectivity index (χ1n) is 13.1. The standard InChI is InChI=1S/C32H52O2/c1-26(2)14-9-15-27(3)16-10-17-28(4)18-11-19-29(5)20-12-21-30(6)22-13-23-31(7)24-25-34-32(8)33/h14,16,18,20,22,24H,9-13,15,17,19,21,23,25H2,1-8H3. The molecule has 0 rings (SSSR count). The summed E-state index contributed by atoms with van der Waals surface area (Å²) >= 11 is 0. The van der Waals surface area contributed by atoms with E-state index in [4.69, 9.17) is 4.74 Å². The number of allylic oxidation sites excluding steroid dienone is 11. The fourth-order valence-corrected chi connectivity index (χ4v) is 3.59. The van der Waals surface area contributed by atoms with Gasteiger partial charge in [0.1, 0.15) is 6.61 Å². The minimum atomic E-state index is -0.224. The molecule has 0 atom stereocenters. The van der Waals surface area contributed by atoms with Crippen LogP contribution < -0.4 is 0 Å². The maximum Gasteiger partial charge on any atom is 0.302 e. The third-order valence-corrected chi connectivity index (χ3v) is 5.94. The Labute approximate surface area is 211 Å². The van der Waals surface area contributed by atoms with Crippen LogP contribution in [0.5, 0.6) is 0 Å². The number of carbonyl (C=O) groups is 1. The Bertz CT molecular complexity index is 765. The number of ether oxygens (including phenoxy) is 1. The van der Waals surface area contributed by atoms with Crippen molar-refractivity contribution in [3.05, 3.63) is 69.9 Å². The van der Waals surface area contributed by atoms with Crippen LogP contribution >= 0.6 is 0 Å². The van der Waals surface area contributed by atoms with Gasteiger partial charge in [0.25, 0.3) is 0 Å². The van der Waals surface area contributed by atoms with Crippen LogP contribution in [0.3, 0.4) is 0 Å². The molecule has 0 amide bonds. The van der Waals surface area contributed by atoms with Gasteiger partial charge in [-0.15, -0.1) is 0 Å². The van der Waals surface area contributed by atoms with Crippen LogP contribution in [0.25, 0.3) is 0 Å². The van der Waals surface area contributed by atoms with E-state index in [2.05, 4.69) is 78.8 Å². The van der Waals surface area contributed by atoms with E-state index >= 15 is 0 Å². The highest BCUT2D eigenvalue weighted by Gasteiger charge is 1.96. The fraction of sp³-hybridized carbons (Fsp3) is 0.594. The highest BCUT2D eigenvalue weighted by Crippen LogP contribution is 2.15. The fourth-order valence-electron chi connectivity index (χ4n) is 3.59. The molecule has 2 heteroatoms. The van der Waals surface area contributed by atoms with Crippen molar-refractivity contribution in [1.29, 1.82) is 0 Å². The molecule has 0 bridgehead atoms. The summed E-state index contributed by atoms with van der Waals surface area (Å²) in [5.74, 6) is -0.224. The Balaban J connectivity index is 4.12. The molecule has 34 heavy (non-hydrogen) atoms. The Morgan fingerprint density at radius 3 is 1.06 bits per heavy atom. The van der Waals surface area contributed by atoms with Gasteiger partial charge in [-0.25, -0.2) is 0 Å². The normalized spacial score (nSPS) is 13.8. The van der Waals surface area contributed by atoms with Gasteiger partial charge in [-0.05, 0) is 119 Å². The van der Waals surface area contributed by atoms with E-state index < -0.39 is 0 Å². The van der Waals surface area contributed by atoms with E-state index in [0.717, 1.165) is 51.4 Å². The van der Waals surface area contributed by atoms with Gasteiger partial charge in [0.15, 0.2) is 0 Å². The van der Waals surface area contributed by atoms with Crippen molar-refractivity contribution in [2.24, 2.45) is 0 Å². The zero-order valence-electron chi connectivity index (χ0n) is 23.6. The van der Waals surface area contributed by atoms with E-state index in [1.54, 1.807) is 0 Å². The number of rotatable bonds is 17. The average molecular weight is 469 g/mol. The van der Waals surface area contributed by atoms with Gasteiger partial charge in [0.05, 0.1) is 0 Å². The van der Waals surface area contributed by atoms with Crippen molar-refractivity contribution in [3.63, 3.8) is 0 Å². The van der Waals surface area contributed by atoms with Gasteiger partial charge in [0, 0.05) is 6.92 Å². The maximum absolute atomic E-state index is 10.8. The van der Waals surface area contributed by atoms with Crippen molar-refractivity contribution >= 4 is 5.97 Å². The van der Waals surface area contributed by atoms with Crippen molar-refractivity contribution < 1.29 is 9.53 Å². The van der Waals surface area contributed by atoms with Crippen molar-refractivity contribution in [2.75, 3.05) is 6.61 Å². The maximum atomic E-state index is 10.8. The van der Waals surface area contributed by atoms with Crippen LogP contribution in [0.2, 0.25) is 0 Å². The summed E-state index contributed by atoms with van der Waals surface area (Å²) in [7, 11) is 0. The molecule has 0 heterocycles.